The summed E-state index contributed by atoms with van der Waals surface area (Å²) in [6.45, 7) is 10.7. The summed E-state index contributed by atoms with van der Waals surface area (Å²) < 4.78 is 0. The Balaban J connectivity index is 0.000000231. The fourth-order valence-corrected chi connectivity index (χ4v) is 3.36. The van der Waals surface area contributed by atoms with Crippen LogP contribution in [-0.2, 0) is 17.1 Å². The van der Waals surface area contributed by atoms with Crippen LogP contribution in [0.3, 0.4) is 0 Å². The first-order valence-corrected chi connectivity index (χ1v) is 7.26. The maximum atomic E-state index is 4.28. The Morgan fingerprint density at radius 2 is 1.76 bits per heavy atom. The first-order valence-electron chi connectivity index (χ1n) is 7.26. The summed E-state index contributed by atoms with van der Waals surface area (Å²) in [4.78, 5) is 2.50. The molecule has 3 fully saturated rings. The molecule has 1 nitrogen and oxygen atoms in total. The molecule has 3 atom stereocenters. The summed E-state index contributed by atoms with van der Waals surface area (Å²) in [5, 5.41) is 0. The molecule has 21 heavy (non-hydrogen) atoms. The third kappa shape index (κ3) is 3.29. The molecule has 3 unspecified atom stereocenters. The van der Waals surface area contributed by atoms with Crippen molar-refractivity contribution in [1.29, 1.82) is 0 Å². The minimum absolute atomic E-state index is 0. The fraction of sp³-hybridized carbons (Fsp3) is 0.263. The maximum Gasteiger partial charge on any atom is 2.00 e. The van der Waals surface area contributed by atoms with Gasteiger partial charge in [0.25, 0.3) is 0 Å². The molecule has 110 valence electrons. The average Bonchev–Trinajstić information content (AvgIpc) is 3.15. The monoisotopic (exact) mass is 319 g/mol. The van der Waals surface area contributed by atoms with Gasteiger partial charge in [0.2, 0.25) is 0 Å². The van der Waals surface area contributed by atoms with E-state index in [0.29, 0.717) is 12.0 Å². The second-order valence-electron chi connectivity index (χ2n) is 5.63. The summed E-state index contributed by atoms with van der Waals surface area (Å²) in [7, 11) is 0. The SMILES string of the molecule is C=C1CN2CCC1C(=C)C2[c-]1cccc1.[Fe+2].c1cc[cH-]c1. The van der Waals surface area contributed by atoms with Crippen molar-refractivity contribution in [3.8, 4) is 0 Å². The van der Waals surface area contributed by atoms with Gasteiger partial charge in [-0.05, 0) is 13.0 Å². The van der Waals surface area contributed by atoms with E-state index in [4.69, 9.17) is 0 Å². The van der Waals surface area contributed by atoms with E-state index in [-0.39, 0.29) is 17.1 Å². The van der Waals surface area contributed by atoms with Gasteiger partial charge in [0.15, 0.2) is 0 Å². The van der Waals surface area contributed by atoms with Crippen LogP contribution in [0.4, 0.5) is 0 Å². The van der Waals surface area contributed by atoms with Gasteiger partial charge >= 0.3 is 17.1 Å². The molecule has 0 amide bonds. The number of rotatable bonds is 1. The van der Waals surface area contributed by atoms with E-state index in [1.165, 1.54) is 29.7 Å². The molecule has 0 aromatic heterocycles. The van der Waals surface area contributed by atoms with E-state index < -0.39 is 0 Å². The molecule has 3 heterocycles. The number of hydrogen-bond donors (Lipinski definition) is 0. The van der Waals surface area contributed by atoms with Crippen LogP contribution in [0.5, 0.6) is 0 Å². The van der Waals surface area contributed by atoms with Crippen molar-refractivity contribution in [2.75, 3.05) is 13.1 Å². The summed E-state index contributed by atoms with van der Waals surface area (Å²) in [6.07, 6.45) is 1.22. The van der Waals surface area contributed by atoms with Crippen LogP contribution < -0.4 is 0 Å². The van der Waals surface area contributed by atoms with Crippen LogP contribution in [0.15, 0.2) is 78.9 Å². The fourth-order valence-electron chi connectivity index (χ4n) is 3.36. The molecular formula is C19H21FeN. The quantitative estimate of drug-likeness (QED) is 0.430. The number of hydrogen-bond acceptors (Lipinski definition) is 1. The van der Waals surface area contributed by atoms with Crippen molar-refractivity contribution in [1.82, 2.24) is 4.90 Å². The predicted octanol–water partition coefficient (Wildman–Crippen LogP) is 4.30. The van der Waals surface area contributed by atoms with E-state index in [0.717, 1.165) is 6.54 Å². The van der Waals surface area contributed by atoms with Crippen molar-refractivity contribution >= 4 is 0 Å². The van der Waals surface area contributed by atoms with Crippen LogP contribution in [0, 0.1) is 5.92 Å². The molecule has 0 N–H and O–H groups in total. The molecule has 0 saturated carbocycles. The molecule has 2 aromatic rings. The van der Waals surface area contributed by atoms with Gasteiger partial charge in [-0.1, -0.05) is 24.3 Å². The minimum atomic E-state index is 0. The van der Waals surface area contributed by atoms with Crippen LogP contribution in [0.2, 0.25) is 0 Å². The van der Waals surface area contributed by atoms with E-state index in [1.807, 2.05) is 30.3 Å². The molecule has 3 aliphatic rings. The van der Waals surface area contributed by atoms with Crippen molar-refractivity contribution in [3.63, 3.8) is 0 Å². The Morgan fingerprint density at radius 1 is 1.10 bits per heavy atom. The van der Waals surface area contributed by atoms with Gasteiger partial charge in [-0.25, -0.2) is 24.3 Å². The topological polar surface area (TPSA) is 3.24 Å². The number of fused-ring (bicyclic) bond motifs is 3. The third-order valence-corrected chi connectivity index (χ3v) is 4.33. The van der Waals surface area contributed by atoms with Gasteiger partial charge in [0.1, 0.15) is 0 Å². The predicted molar refractivity (Wildman–Crippen MR) is 84.8 cm³/mol. The third-order valence-electron chi connectivity index (χ3n) is 4.33. The zero-order valence-corrected chi connectivity index (χ0v) is 13.3. The largest absolute Gasteiger partial charge is 2.00 e. The average molecular weight is 319 g/mol. The van der Waals surface area contributed by atoms with E-state index >= 15 is 0 Å². The minimum Gasteiger partial charge on any atom is -0.299 e. The van der Waals surface area contributed by atoms with Gasteiger partial charge in [-0.2, -0.15) is 30.3 Å². The summed E-state index contributed by atoms with van der Waals surface area (Å²) in [5.41, 5.74) is 4.11. The molecule has 5 rings (SSSR count). The van der Waals surface area contributed by atoms with Crippen molar-refractivity contribution in [3.05, 3.63) is 84.5 Å². The molecule has 2 heteroatoms. The molecule has 0 aliphatic carbocycles. The summed E-state index contributed by atoms with van der Waals surface area (Å²) in [5.74, 6) is 0.565. The molecule has 0 spiro atoms. The second kappa shape index (κ2) is 7.08. The summed E-state index contributed by atoms with van der Waals surface area (Å²) in [6, 6.07) is 19.1. The van der Waals surface area contributed by atoms with E-state index in [1.54, 1.807) is 0 Å². The molecule has 2 aromatic carbocycles. The van der Waals surface area contributed by atoms with Gasteiger partial charge in [-0.15, -0.1) is 5.56 Å². The second-order valence-corrected chi connectivity index (χ2v) is 5.63. The van der Waals surface area contributed by atoms with Gasteiger partial charge in [-0.3, -0.25) is 4.90 Å². The number of piperidine rings is 3. The van der Waals surface area contributed by atoms with Crippen LogP contribution in [0.25, 0.3) is 0 Å². The zero-order valence-electron chi connectivity index (χ0n) is 12.2. The molecule has 2 bridgehead atoms. The molecular weight excluding hydrogens is 298 g/mol. The van der Waals surface area contributed by atoms with Crippen LogP contribution >= 0.6 is 0 Å². The Morgan fingerprint density at radius 3 is 2.24 bits per heavy atom. The first-order chi connectivity index (χ1) is 9.77. The van der Waals surface area contributed by atoms with Gasteiger partial charge < -0.3 is 0 Å². The standard InChI is InChI=1S/C14H16N.C5H5.Fe/c1-10-9-15-8-7-13(10)11(2)14(15)12-5-3-4-6-12;1-2-4-5-3-1;/h3-6,13-14H,1-2,7-9H2;1-5H;/q2*-1;+2. The Bertz CT molecular complexity index is 548. The molecule has 3 saturated heterocycles. The molecule has 0 radical (unpaired) electrons. The smallest absolute Gasteiger partial charge is 0.299 e. The zero-order chi connectivity index (χ0) is 13.9. The van der Waals surface area contributed by atoms with Crippen molar-refractivity contribution < 1.29 is 17.1 Å². The maximum absolute atomic E-state index is 4.28. The van der Waals surface area contributed by atoms with Crippen molar-refractivity contribution in [2.45, 2.75) is 12.5 Å². The van der Waals surface area contributed by atoms with Crippen molar-refractivity contribution in [2.24, 2.45) is 5.92 Å². The van der Waals surface area contributed by atoms with E-state index in [9.17, 15) is 0 Å². The first kappa shape index (κ1) is 16.0. The normalized spacial score (nSPS) is 26.8. The Hall–Kier alpha value is -1.34. The Labute approximate surface area is 138 Å². The summed E-state index contributed by atoms with van der Waals surface area (Å²) >= 11 is 0. The molecule has 3 aliphatic heterocycles. The number of nitrogens with zero attached hydrogens (tertiary/aromatic N) is 1. The van der Waals surface area contributed by atoms with Gasteiger partial charge in [0, 0.05) is 18.5 Å². The van der Waals surface area contributed by atoms with Gasteiger partial charge in [0.05, 0.1) is 0 Å². The Kier molecular flexibility index (Phi) is 5.41. The van der Waals surface area contributed by atoms with Crippen LogP contribution in [-0.4, -0.2) is 18.0 Å². The van der Waals surface area contributed by atoms with Crippen LogP contribution in [0.1, 0.15) is 18.0 Å². The van der Waals surface area contributed by atoms with E-state index in [2.05, 4.69) is 42.3 Å².